The molecule has 2 N–H and O–H groups in total. The van der Waals surface area contributed by atoms with Gasteiger partial charge in [0.2, 0.25) is 0 Å². The van der Waals surface area contributed by atoms with Gasteiger partial charge in [-0.05, 0) is 42.3 Å². The first-order chi connectivity index (χ1) is 7.62. The first-order valence-corrected chi connectivity index (χ1v) is 6.04. The van der Waals surface area contributed by atoms with Crippen molar-refractivity contribution in [2.45, 2.75) is 26.7 Å². The molecule has 1 aromatic carbocycles. The van der Waals surface area contributed by atoms with Crippen LogP contribution in [-0.4, -0.2) is 13.2 Å². The molecule has 1 aliphatic rings. The fourth-order valence-electron chi connectivity index (χ4n) is 2.83. The second kappa shape index (κ2) is 4.10. The van der Waals surface area contributed by atoms with Crippen LogP contribution in [-0.2, 0) is 0 Å². The lowest BCUT2D eigenvalue weighted by Gasteiger charge is -2.10. The van der Waals surface area contributed by atoms with E-state index in [1.807, 2.05) is 13.0 Å². The van der Waals surface area contributed by atoms with Crippen molar-refractivity contribution >= 4 is 0 Å². The average Bonchev–Trinajstić information content (AvgIpc) is 2.81. The summed E-state index contributed by atoms with van der Waals surface area (Å²) in [5.41, 5.74) is 7.47. The molecule has 16 heavy (non-hydrogen) atoms. The van der Waals surface area contributed by atoms with Crippen LogP contribution in [0.25, 0.3) is 0 Å². The van der Waals surface area contributed by atoms with E-state index in [4.69, 9.17) is 10.5 Å². The molecule has 1 aromatic rings. The third-order valence-corrected chi connectivity index (χ3v) is 3.86. The molecular formula is C14H21NO. The number of para-hydroxylation sites is 1. The number of benzene rings is 1. The summed E-state index contributed by atoms with van der Waals surface area (Å²) < 4.78 is 5.68. The van der Waals surface area contributed by atoms with E-state index in [-0.39, 0.29) is 0 Å². The number of rotatable bonds is 4. The van der Waals surface area contributed by atoms with E-state index in [1.54, 1.807) is 0 Å². The minimum absolute atomic E-state index is 0.321. The Kier molecular flexibility index (Phi) is 2.94. The molecule has 1 saturated carbocycles. The van der Waals surface area contributed by atoms with Crippen LogP contribution in [0, 0.1) is 11.3 Å². The minimum Gasteiger partial charge on any atom is -0.494 e. The summed E-state index contributed by atoms with van der Waals surface area (Å²) in [4.78, 5) is 0. The Morgan fingerprint density at radius 1 is 1.31 bits per heavy atom. The maximum absolute atomic E-state index is 5.82. The van der Waals surface area contributed by atoms with E-state index in [0.29, 0.717) is 17.3 Å². The van der Waals surface area contributed by atoms with Gasteiger partial charge in [0.05, 0.1) is 6.61 Å². The molecule has 2 unspecified atom stereocenters. The van der Waals surface area contributed by atoms with Gasteiger partial charge in [-0.15, -0.1) is 0 Å². The van der Waals surface area contributed by atoms with Gasteiger partial charge in [-0.1, -0.05) is 32.0 Å². The topological polar surface area (TPSA) is 35.2 Å². The highest BCUT2D eigenvalue weighted by atomic mass is 16.5. The van der Waals surface area contributed by atoms with Crippen LogP contribution in [0.1, 0.15) is 32.3 Å². The number of ether oxygens (including phenoxy) is 1. The van der Waals surface area contributed by atoms with Crippen molar-refractivity contribution in [2.24, 2.45) is 17.1 Å². The van der Waals surface area contributed by atoms with Crippen LogP contribution in [0.5, 0.6) is 5.75 Å². The number of hydrogen-bond donors (Lipinski definition) is 1. The third kappa shape index (κ3) is 1.71. The van der Waals surface area contributed by atoms with E-state index >= 15 is 0 Å². The molecule has 0 aromatic heterocycles. The first-order valence-electron chi connectivity index (χ1n) is 6.04. The molecule has 0 spiro atoms. The van der Waals surface area contributed by atoms with Gasteiger partial charge in [-0.3, -0.25) is 0 Å². The van der Waals surface area contributed by atoms with Gasteiger partial charge in [0.25, 0.3) is 0 Å². The Bertz CT molecular complexity index is 373. The van der Waals surface area contributed by atoms with Crippen molar-refractivity contribution in [1.29, 1.82) is 0 Å². The van der Waals surface area contributed by atoms with Crippen molar-refractivity contribution in [2.75, 3.05) is 13.2 Å². The van der Waals surface area contributed by atoms with E-state index in [2.05, 4.69) is 32.0 Å². The van der Waals surface area contributed by atoms with Gasteiger partial charge < -0.3 is 10.5 Å². The van der Waals surface area contributed by atoms with Gasteiger partial charge in [0, 0.05) is 0 Å². The zero-order valence-corrected chi connectivity index (χ0v) is 10.4. The summed E-state index contributed by atoms with van der Waals surface area (Å²) in [5, 5.41) is 0. The minimum atomic E-state index is 0.321. The molecule has 0 heterocycles. The van der Waals surface area contributed by atoms with E-state index < -0.39 is 0 Å². The highest BCUT2D eigenvalue weighted by Gasteiger charge is 2.57. The lowest BCUT2D eigenvalue weighted by Crippen LogP contribution is -2.05. The highest BCUT2D eigenvalue weighted by molar-refractivity contribution is 5.42. The highest BCUT2D eigenvalue weighted by Crippen LogP contribution is 2.65. The second-order valence-corrected chi connectivity index (χ2v) is 5.11. The smallest absolute Gasteiger partial charge is 0.122 e. The van der Waals surface area contributed by atoms with E-state index in [1.165, 1.54) is 5.56 Å². The largest absolute Gasteiger partial charge is 0.494 e. The predicted octanol–water partition coefficient (Wildman–Crippen LogP) is 2.78. The third-order valence-electron chi connectivity index (χ3n) is 3.86. The Morgan fingerprint density at radius 2 is 2.00 bits per heavy atom. The molecule has 2 nitrogen and oxygen atoms in total. The van der Waals surface area contributed by atoms with Crippen LogP contribution in [0.4, 0.5) is 0 Å². The van der Waals surface area contributed by atoms with Gasteiger partial charge in [-0.25, -0.2) is 0 Å². The molecule has 1 fully saturated rings. The SMILES string of the molecule is CCOc1ccccc1C1C(CN)C1(C)C. The molecule has 88 valence electrons. The summed E-state index contributed by atoms with van der Waals surface area (Å²) in [7, 11) is 0. The molecule has 0 amide bonds. The summed E-state index contributed by atoms with van der Waals surface area (Å²) in [6.45, 7) is 8.08. The molecule has 0 bridgehead atoms. The quantitative estimate of drug-likeness (QED) is 0.845. The van der Waals surface area contributed by atoms with Crippen molar-refractivity contribution in [3.05, 3.63) is 29.8 Å². The molecule has 0 aliphatic heterocycles. The Morgan fingerprint density at radius 3 is 2.56 bits per heavy atom. The van der Waals surface area contributed by atoms with Crippen molar-refractivity contribution < 1.29 is 4.74 Å². The molecule has 1 aliphatic carbocycles. The monoisotopic (exact) mass is 219 g/mol. The van der Waals surface area contributed by atoms with Gasteiger partial charge in [0.1, 0.15) is 5.75 Å². The molecule has 2 rings (SSSR count). The van der Waals surface area contributed by atoms with Crippen LogP contribution >= 0.6 is 0 Å². The lowest BCUT2D eigenvalue weighted by molar-refractivity contribution is 0.335. The van der Waals surface area contributed by atoms with Crippen molar-refractivity contribution in [3.8, 4) is 5.75 Å². The summed E-state index contributed by atoms with van der Waals surface area (Å²) in [5.74, 6) is 2.17. The maximum Gasteiger partial charge on any atom is 0.122 e. The van der Waals surface area contributed by atoms with Crippen LogP contribution in [0.15, 0.2) is 24.3 Å². The predicted molar refractivity (Wildman–Crippen MR) is 66.7 cm³/mol. The fraction of sp³-hybridized carbons (Fsp3) is 0.571. The Balaban J connectivity index is 2.28. The standard InChI is InChI=1S/C14H21NO/c1-4-16-12-8-6-5-7-10(12)13-11(9-15)14(13,2)3/h5-8,11,13H,4,9,15H2,1-3H3. The average molecular weight is 219 g/mol. The first kappa shape index (κ1) is 11.5. The summed E-state index contributed by atoms with van der Waals surface area (Å²) in [6.07, 6.45) is 0. The second-order valence-electron chi connectivity index (χ2n) is 5.11. The maximum atomic E-state index is 5.82. The summed E-state index contributed by atoms with van der Waals surface area (Å²) >= 11 is 0. The Labute approximate surface area is 97.8 Å². The van der Waals surface area contributed by atoms with Crippen molar-refractivity contribution in [1.82, 2.24) is 0 Å². The molecular weight excluding hydrogens is 198 g/mol. The Hall–Kier alpha value is -1.02. The normalized spacial score (nSPS) is 26.5. The van der Waals surface area contributed by atoms with Gasteiger partial charge in [-0.2, -0.15) is 0 Å². The van der Waals surface area contributed by atoms with Crippen LogP contribution < -0.4 is 10.5 Å². The molecule has 2 heteroatoms. The lowest BCUT2D eigenvalue weighted by atomic mass is 10.0. The summed E-state index contributed by atoms with van der Waals surface area (Å²) in [6, 6.07) is 8.34. The van der Waals surface area contributed by atoms with E-state index in [0.717, 1.165) is 18.9 Å². The van der Waals surface area contributed by atoms with E-state index in [9.17, 15) is 0 Å². The van der Waals surface area contributed by atoms with Crippen molar-refractivity contribution in [3.63, 3.8) is 0 Å². The fourth-order valence-corrected chi connectivity index (χ4v) is 2.83. The van der Waals surface area contributed by atoms with Crippen LogP contribution in [0.2, 0.25) is 0 Å². The zero-order chi connectivity index (χ0) is 11.8. The number of hydrogen-bond acceptors (Lipinski definition) is 2. The molecule has 0 saturated heterocycles. The number of nitrogens with two attached hydrogens (primary N) is 1. The van der Waals surface area contributed by atoms with Gasteiger partial charge >= 0.3 is 0 Å². The zero-order valence-electron chi connectivity index (χ0n) is 10.4. The molecule has 0 radical (unpaired) electrons. The van der Waals surface area contributed by atoms with Crippen LogP contribution in [0.3, 0.4) is 0 Å². The molecule has 2 atom stereocenters. The van der Waals surface area contributed by atoms with Gasteiger partial charge in [0.15, 0.2) is 0 Å².